The van der Waals surface area contributed by atoms with Crippen LogP contribution in [0.5, 0.6) is 5.75 Å². The molecule has 1 N–H and O–H groups in total. The van der Waals surface area contributed by atoms with Crippen LogP contribution in [0.15, 0.2) is 24.4 Å². The zero-order valence-corrected chi connectivity index (χ0v) is 16.7. The number of aryl methyl sites for hydroxylation is 1. The van der Waals surface area contributed by atoms with E-state index in [-0.39, 0.29) is 12.5 Å². The molecule has 0 spiro atoms. The van der Waals surface area contributed by atoms with E-state index in [9.17, 15) is 4.79 Å². The maximum absolute atomic E-state index is 12.1. The van der Waals surface area contributed by atoms with Gasteiger partial charge >= 0.3 is 0 Å². The number of nitrogens with one attached hydrogen (secondary N) is 1. The lowest BCUT2D eigenvalue weighted by atomic mass is 10.0. The van der Waals surface area contributed by atoms with Crippen molar-refractivity contribution in [1.82, 2.24) is 9.88 Å². The number of hydrogen-bond donors (Lipinski definition) is 1. The van der Waals surface area contributed by atoms with E-state index in [0.29, 0.717) is 21.9 Å². The Kier molecular flexibility index (Phi) is 6.51. The molecule has 1 fully saturated rings. The molecule has 3 rings (SSSR count). The van der Waals surface area contributed by atoms with Gasteiger partial charge in [-0.25, -0.2) is 4.98 Å². The number of benzene rings is 1. The van der Waals surface area contributed by atoms with E-state index in [2.05, 4.69) is 22.1 Å². The zero-order chi connectivity index (χ0) is 18.5. The third-order valence-corrected chi connectivity index (χ3v) is 5.92. The highest BCUT2D eigenvalue weighted by molar-refractivity contribution is 7.15. The first-order chi connectivity index (χ1) is 12.5. The molecule has 1 amide bonds. The van der Waals surface area contributed by atoms with E-state index in [1.165, 1.54) is 35.5 Å². The van der Waals surface area contributed by atoms with Crippen molar-refractivity contribution in [3.8, 4) is 5.75 Å². The average Bonchev–Trinajstić information content (AvgIpc) is 3.05. The largest absolute Gasteiger partial charge is 0.484 e. The van der Waals surface area contributed by atoms with Crippen LogP contribution in [0.3, 0.4) is 0 Å². The number of thiazole rings is 1. The quantitative estimate of drug-likeness (QED) is 0.785. The van der Waals surface area contributed by atoms with Crippen LogP contribution in [0.1, 0.15) is 36.6 Å². The van der Waals surface area contributed by atoms with Crippen LogP contribution in [0.25, 0.3) is 0 Å². The van der Waals surface area contributed by atoms with Crippen LogP contribution in [0.4, 0.5) is 5.13 Å². The Labute approximate surface area is 163 Å². The fraction of sp³-hybridized carbons (Fsp3) is 0.474. The van der Waals surface area contributed by atoms with Crippen molar-refractivity contribution < 1.29 is 9.53 Å². The number of ether oxygens (including phenoxy) is 1. The molecule has 1 unspecified atom stereocenters. The number of halogens is 1. The molecule has 26 heavy (non-hydrogen) atoms. The molecular formula is C19H24ClN3O2S. The Morgan fingerprint density at radius 2 is 2.31 bits per heavy atom. The second-order valence-electron chi connectivity index (χ2n) is 6.69. The highest BCUT2D eigenvalue weighted by Gasteiger charge is 2.19. The lowest BCUT2D eigenvalue weighted by molar-refractivity contribution is -0.118. The Hall–Kier alpha value is -1.63. The minimum Gasteiger partial charge on any atom is -0.484 e. The number of carbonyl (C=O) groups is 1. The highest BCUT2D eigenvalue weighted by atomic mass is 35.5. The van der Waals surface area contributed by atoms with E-state index >= 15 is 0 Å². The van der Waals surface area contributed by atoms with Gasteiger partial charge in [0, 0.05) is 28.7 Å². The van der Waals surface area contributed by atoms with Crippen molar-refractivity contribution >= 4 is 34.0 Å². The highest BCUT2D eigenvalue weighted by Crippen LogP contribution is 2.24. The summed E-state index contributed by atoms with van der Waals surface area (Å²) in [5.41, 5.74) is 0.918. The van der Waals surface area contributed by atoms with E-state index in [1.807, 2.05) is 19.2 Å². The maximum atomic E-state index is 12.1. The van der Waals surface area contributed by atoms with Crippen LogP contribution in [0, 0.1) is 6.92 Å². The molecule has 1 aromatic carbocycles. The first-order valence-corrected chi connectivity index (χ1v) is 10.1. The summed E-state index contributed by atoms with van der Waals surface area (Å²) in [7, 11) is 0. The van der Waals surface area contributed by atoms with Gasteiger partial charge < -0.3 is 4.74 Å². The van der Waals surface area contributed by atoms with Crippen LogP contribution in [-0.4, -0.2) is 35.0 Å². The molecule has 2 heterocycles. The second-order valence-corrected chi connectivity index (χ2v) is 8.22. The number of anilines is 1. The molecule has 1 aliphatic heterocycles. The van der Waals surface area contributed by atoms with Crippen molar-refractivity contribution in [3.63, 3.8) is 0 Å². The number of amides is 1. The predicted octanol–water partition coefficient (Wildman–Crippen LogP) is 4.50. The number of hydrogen-bond acceptors (Lipinski definition) is 5. The van der Waals surface area contributed by atoms with Gasteiger partial charge in [0.15, 0.2) is 11.7 Å². The van der Waals surface area contributed by atoms with E-state index < -0.39 is 0 Å². The van der Waals surface area contributed by atoms with Crippen molar-refractivity contribution in [2.75, 3.05) is 18.5 Å². The summed E-state index contributed by atoms with van der Waals surface area (Å²) in [5, 5.41) is 4.10. The molecule has 0 radical (unpaired) electrons. The summed E-state index contributed by atoms with van der Waals surface area (Å²) in [6.45, 7) is 6.15. The number of likely N-dealkylation sites (tertiary alicyclic amines) is 1. The molecule has 1 saturated heterocycles. The summed E-state index contributed by atoms with van der Waals surface area (Å²) < 4.78 is 5.52. The van der Waals surface area contributed by atoms with Gasteiger partial charge in [0.05, 0.1) is 0 Å². The summed E-state index contributed by atoms with van der Waals surface area (Å²) in [5.74, 6) is 0.408. The summed E-state index contributed by atoms with van der Waals surface area (Å²) >= 11 is 7.51. The third-order valence-electron chi connectivity index (χ3n) is 4.60. The Morgan fingerprint density at radius 1 is 1.46 bits per heavy atom. The predicted molar refractivity (Wildman–Crippen MR) is 106 cm³/mol. The van der Waals surface area contributed by atoms with Gasteiger partial charge in [0.25, 0.3) is 5.91 Å². The summed E-state index contributed by atoms with van der Waals surface area (Å²) in [4.78, 5) is 20.0. The van der Waals surface area contributed by atoms with Gasteiger partial charge in [-0.1, -0.05) is 18.0 Å². The third kappa shape index (κ3) is 5.19. The van der Waals surface area contributed by atoms with Gasteiger partial charge in [-0.2, -0.15) is 0 Å². The fourth-order valence-electron chi connectivity index (χ4n) is 3.04. The minimum absolute atomic E-state index is 0.0564. The molecule has 0 bridgehead atoms. The fourth-order valence-corrected chi connectivity index (χ4v) is 4.01. The lowest BCUT2D eigenvalue weighted by Gasteiger charge is -2.32. The maximum Gasteiger partial charge on any atom is 0.264 e. The van der Waals surface area contributed by atoms with Crippen LogP contribution < -0.4 is 10.1 Å². The lowest BCUT2D eigenvalue weighted by Crippen LogP contribution is -2.36. The molecule has 2 aromatic rings. The van der Waals surface area contributed by atoms with Gasteiger partial charge in [0.2, 0.25) is 0 Å². The molecule has 0 saturated carbocycles. The monoisotopic (exact) mass is 393 g/mol. The SMILES string of the molecule is Cc1cc(OCC(=O)Nc2ncc(CN3CCCCC3C)s2)ccc1Cl. The molecular weight excluding hydrogens is 370 g/mol. The molecule has 1 aliphatic rings. The van der Waals surface area contributed by atoms with Crippen molar-refractivity contribution in [3.05, 3.63) is 39.9 Å². The van der Waals surface area contributed by atoms with Crippen molar-refractivity contribution in [2.24, 2.45) is 0 Å². The minimum atomic E-state index is -0.218. The molecule has 5 nitrogen and oxygen atoms in total. The van der Waals surface area contributed by atoms with Crippen LogP contribution in [-0.2, 0) is 11.3 Å². The summed E-state index contributed by atoms with van der Waals surface area (Å²) in [6, 6.07) is 5.94. The number of aromatic nitrogens is 1. The van der Waals surface area contributed by atoms with Crippen LogP contribution >= 0.6 is 22.9 Å². The molecule has 140 valence electrons. The van der Waals surface area contributed by atoms with Crippen molar-refractivity contribution in [1.29, 1.82) is 0 Å². The van der Waals surface area contributed by atoms with Crippen molar-refractivity contribution in [2.45, 2.75) is 45.7 Å². The molecule has 0 aliphatic carbocycles. The molecule has 7 heteroatoms. The number of rotatable bonds is 6. The van der Waals surface area contributed by atoms with E-state index in [4.69, 9.17) is 16.3 Å². The number of piperidine rings is 1. The Balaban J connectivity index is 1.48. The number of carbonyl (C=O) groups excluding carboxylic acids is 1. The standard InChI is InChI=1S/C19H24ClN3O2S/c1-13-9-15(6-7-17(13)20)25-12-18(24)22-19-21-10-16(26-19)11-23-8-4-3-5-14(23)2/h6-7,9-10,14H,3-5,8,11-12H2,1-2H3,(H,21,22,24). The Bertz CT molecular complexity index is 765. The molecule has 1 atom stereocenters. The van der Waals surface area contributed by atoms with E-state index in [1.54, 1.807) is 12.1 Å². The smallest absolute Gasteiger partial charge is 0.264 e. The molecule has 1 aromatic heterocycles. The average molecular weight is 394 g/mol. The second kappa shape index (κ2) is 8.84. The number of nitrogens with zero attached hydrogens (tertiary/aromatic N) is 2. The van der Waals surface area contributed by atoms with Gasteiger partial charge in [-0.3, -0.25) is 15.0 Å². The van der Waals surface area contributed by atoms with Gasteiger partial charge in [0.1, 0.15) is 5.75 Å². The van der Waals surface area contributed by atoms with Gasteiger partial charge in [-0.05, 0) is 57.0 Å². The summed E-state index contributed by atoms with van der Waals surface area (Å²) in [6.07, 6.45) is 5.68. The first kappa shape index (κ1) is 19.1. The Morgan fingerprint density at radius 3 is 3.08 bits per heavy atom. The zero-order valence-electron chi connectivity index (χ0n) is 15.1. The van der Waals surface area contributed by atoms with Gasteiger partial charge in [-0.15, -0.1) is 11.3 Å². The normalized spacial score (nSPS) is 17.9. The van der Waals surface area contributed by atoms with E-state index in [0.717, 1.165) is 18.7 Å². The topological polar surface area (TPSA) is 54.5 Å². The first-order valence-electron chi connectivity index (χ1n) is 8.89. The van der Waals surface area contributed by atoms with Crippen LogP contribution in [0.2, 0.25) is 5.02 Å².